The summed E-state index contributed by atoms with van der Waals surface area (Å²) in [4.78, 5) is 4.83. The third-order valence-electron chi connectivity index (χ3n) is 9.18. The van der Waals surface area contributed by atoms with Gasteiger partial charge in [-0.2, -0.15) is 0 Å². The summed E-state index contributed by atoms with van der Waals surface area (Å²) in [6.07, 6.45) is 0. The molecule has 0 bridgehead atoms. The summed E-state index contributed by atoms with van der Waals surface area (Å²) in [5.41, 5.74) is 9.07. The molecule has 9 rings (SSSR count). The van der Waals surface area contributed by atoms with Crippen molar-refractivity contribution in [2.75, 3.05) is 9.80 Å². The number of para-hydroxylation sites is 4. The monoisotopic (exact) mass is 644 g/mol. The van der Waals surface area contributed by atoms with Gasteiger partial charge in [0.05, 0.1) is 11.4 Å². The Morgan fingerprint density at radius 3 is 1.49 bits per heavy atom. The Morgan fingerprint density at radius 1 is 0.347 bits per heavy atom. The van der Waals surface area contributed by atoms with Crippen molar-refractivity contribution in [1.29, 1.82) is 0 Å². The van der Waals surface area contributed by atoms with E-state index in [0.29, 0.717) is 0 Å². The molecule has 3 heteroatoms. The molecular weight excluding hydrogens is 613 g/mol. The normalized spacial score (nSPS) is 11.3. The van der Waals surface area contributed by atoms with E-state index in [4.69, 9.17) is 0 Å². The van der Waals surface area contributed by atoms with Gasteiger partial charge in [0.1, 0.15) is 0 Å². The molecule has 0 N–H and O–H groups in total. The average molecular weight is 645 g/mol. The Labute approximate surface area is 290 Å². The summed E-state index contributed by atoms with van der Waals surface area (Å²) in [5, 5.41) is 5.02. The van der Waals surface area contributed by atoms with Gasteiger partial charge in [-0.3, -0.25) is 0 Å². The fourth-order valence-electron chi connectivity index (χ4n) is 6.98. The molecule has 0 atom stereocenters. The molecular formula is C46H32N2S. The molecule has 0 amide bonds. The van der Waals surface area contributed by atoms with Crippen LogP contribution in [0.3, 0.4) is 0 Å². The second-order valence-electron chi connectivity index (χ2n) is 12.2. The lowest BCUT2D eigenvalue weighted by Crippen LogP contribution is -2.14. The zero-order valence-corrected chi connectivity index (χ0v) is 27.6. The molecule has 0 unspecified atom stereocenters. The first-order valence-corrected chi connectivity index (χ1v) is 17.4. The van der Waals surface area contributed by atoms with E-state index in [0.717, 1.165) is 34.1 Å². The molecule has 1 aromatic heterocycles. The Kier molecular flexibility index (Phi) is 7.38. The summed E-state index contributed by atoms with van der Waals surface area (Å²) >= 11 is 1.87. The van der Waals surface area contributed by atoms with Crippen LogP contribution < -0.4 is 9.80 Å². The van der Waals surface area contributed by atoms with Crippen molar-refractivity contribution in [3.8, 4) is 11.1 Å². The van der Waals surface area contributed by atoms with E-state index in [9.17, 15) is 0 Å². The molecule has 2 nitrogen and oxygen atoms in total. The predicted octanol–water partition coefficient (Wildman–Crippen LogP) is 13.8. The molecule has 8 aromatic carbocycles. The van der Waals surface area contributed by atoms with Gasteiger partial charge in [-0.25, -0.2) is 0 Å². The summed E-state index contributed by atoms with van der Waals surface area (Å²) in [6.45, 7) is 0. The molecule has 0 radical (unpaired) electrons. The van der Waals surface area contributed by atoms with E-state index in [2.05, 4.69) is 204 Å². The Morgan fingerprint density at radius 2 is 0.857 bits per heavy atom. The van der Waals surface area contributed by atoms with Gasteiger partial charge >= 0.3 is 0 Å². The Balaban J connectivity index is 1.41. The van der Waals surface area contributed by atoms with E-state index >= 15 is 0 Å². The maximum atomic E-state index is 2.46. The molecule has 0 saturated carbocycles. The SMILES string of the molecule is c1ccc(-c2ccccc2N(c2ccccc2)c2cc(N(c3ccccc3)c3ccccc3)cc3sc4cc5ccccc5cc4c23)cc1. The van der Waals surface area contributed by atoms with Crippen LogP contribution >= 0.6 is 11.3 Å². The zero-order valence-electron chi connectivity index (χ0n) is 26.8. The lowest BCUT2D eigenvalue weighted by Gasteiger charge is -2.31. The highest BCUT2D eigenvalue weighted by molar-refractivity contribution is 7.26. The van der Waals surface area contributed by atoms with E-state index in [1.165, 1.54) is 42.1 Å². The number of benzene rings is 8. The van der Waals surface area contributed by atoms with Crippen molar-refractivity contribution >= 4 is 76.4 Å². The number of hydrogen-bond acceptors (Lipinski definition) is 3. The first-order valence-electron chi connectivity index (χ1n) is 16.6. The minimum absolute atomic E-state index is 1.11. The smallest absolute Gasteiger partial charge is 0.0575 e. The molecule has 0 aliphatic heterocycles. The quantitative estimate of drug-likeness (QED) is 0.170. The maximum absolute atomic E-state index is 2.46. The number of thiophene rings is 1. The van der Waals surface area contributed by atoms with Crippen LogP contribution in [0.4, 0.5) is 34.1 Å². The van der Waals surface area contributed by atoms with Crippen LogP contribution in [-0.2, 0) is 0 Å². The first-order chi connectivity index (χ1) is 24.3. The van der Waals surface area contributed by atoms with Crippen molar-refractivity contribution in [2.24, 2.45) is 0 Å². The van der Waals surface area contributed by atoms with Gasteiger partial charge in [0.25, 0.3) is 0 Å². The standard InChI is InChI=1S/C46H32N2S/c1-5-17-33(18-6-1)40-27-15-16-28-42(40)48(38-25-11-4-12-26-38)43-31-39(47(36-21-7-2-8-22-36)37-23-9-3-10-24-37)32-45-46(43)41-29-34-19-13-14-20-35(34)30-44(41)49-45/h1-32H. The summed E-state index contributed by atoms with van der Waals surface area (Å²) < 4.78 is 2.52. The van der Waals surface area contributed by atoms with Gasteiger partial charge in [0.2, 0.25) is 0 Å². The Bertz CT molecular complexity index is 2500. The highest BCUT2D eigenvalue weighted by Crippen LogP contribution is 2.50. The second-order valence-corrected chi connectivity index (χ2v) is 13.3. The van der Waals surface area contributed by atoms with Crippen molar-refractivity contribution in [1.82, 2.24) is 0 Å². The van der Waals surface area contributed by atoms with E-state index in [1.807, 2.05) is 11.3 Å². The molecule has 232 valence electrons. The summed E-state index contributed by atoms with van der Waals surface area (Å²) in [6, 6.07) is 69.9. The van der Waals surface area contributed by atoms with Gasteiger partial charge in [0, 0.05) is 48.5 Å². The minimum Gasteiger partial charge on any atom is -0.310 e. The molecule has 0 aliphatic rings. The third-order valence-corrected chi connectivity index (χ3v) is 10.3. The lowest BCUT2D eigenvalue weighted by molar-refractivity contribution is 1.26. The topological polar surface area (TPSA) is 6.48 Å². The van der Waals surface area contributed by atoms with Gasteiger partial charge in [0.15, 0.2) is 0 Å². The minimum atomic E-state index is 1.11. The zero-order chi connectivity index (χ0) is 32.6. The molecule has 1 heterocycles. The van der Waals surface area contributed by atoms with Crippen molar-refractivity contribution in [2.45, 2.75) is 0 Å². The largest absolute Gasteiger partial charge is 0.310 e. The predicted molar refractivity (Wildman–Crippen MR) is 212 cm³/mol. The van der Waals surface area contributed by atoms with Crippen LogP contribution in [0.5, 0.6) is 0 Å². The summed E-state index contributed by atoms with van der Waals surface area (Å²) in [7, 11) is 0. The van der Waals surface area contributed by atoms with Crippen LogP contribution in [0.1, 0.15) is 0 Å². The van der Waals surface area contributed by atoms with E-state index < -0.39 is 0 Å². The number of rotatable bonds is 7. The van der Waals surface area contributed by atoms with Crippen LogP contribution in [0, 0.1) is 0 Å². The Hall–Kier alpha value is -6.16. The molecule has 49 heavy (non-hydrogen) atoms. The lowest BCUT2D eigenvalue weighted by atomic mass is 10.00. The second kappa shape index (κ2) is 12.5. The molecule has 0 spiro atoms. The van der Waals surface area contributed by atoms with Crippen molar-refractivity contribution in [3.63, 3.8) is 0 Å². The highest BCUT2D eigenvalue weighted by atomic mass is 32.1. The van der Waals surface area contributed by atoms with Gasteiger partial charge in [-0.15, -0.1) is 11.3 Å². The number of hydrogen-bond donors (Lipinski definition) is 0. The fraction of sp³-hybridized carbons (Fsp3) is 0. The summed E-state index contributed by atoms with van der Waals surface area (Å²) in [5.74, 6) is 0. The van der Waals surface area contributed by atoms with Crippen LogP contribution in [0.15, 0.2) is 194 Å². The van der Waals surface area contributed by atoms with Gasteiger partial charge in [-0.05, 0) is 83.1 Å². The van der Waals surface area contributed by atoms with Crippen molar-refractivity contribution < 1.29 is 0 Å². The number of fused-ring (bicyclic) bond motifs is 4. The third kappa shape index (κ3) is 5.31. The van der Waals surface area contributed by atoms with Crippen LogP contribution in [0.25, 0.3) is 42.1 Å². The first kappa shape index (κ1) is 29.0. The van der Waals surface area contributed by atoms with Crippen LogP contribution in [0.2, 0.25) is 0 Å². The molecule has 9 aromatic rings. The average Bonchev–Trinajstić information content (AvgIpc) is 3.53. The molecule has 0 saturated heterocycles. The van der Waals surface area contributed by atoms with E-state index in [-0.39, 0.29) is 0 Å². The van der Waals surface area contributed by atoms with Crippen LogP contribution in [-0.4, -0.2) is 0 Å². The number of anilines is 6. The fourth-order valence-corrected chi connectivity index (χ4v) is 8.17. The van der Waals surface area contributed by atoms with E-state index in [1.54, 1.807) is 0 Å². The van der Waals surface area contributed by atoms with Crippen molar-refractivity contribution in [3.05, 3.63) is 194 Å². The molecule has 0 aliphatic carbocycles. The maximum Gasteiger partial charge on any atom is 0.0575 e. The van der Waals surface area contributed by atoms with Gasteiger partial charge < -0.3 is 9.80 Å². The number of nitrogens with zero attached hydrogens (tertiary/aromatic N) is 2. The highest BCUT2D eigenvalue weighted by Gasteiger charge is 2.24. The molecule has 0 fully saturated rings. The van der Waals surface area contributed by atoms with Gasteiger partial charge in [-0.1, -0.05) is 127 Å².